The molecule has 1 aliphatic heterocycles. The lowest BCUT2D eigenvalue weighted by Crippen LogP contribution is -2.43. The SMILES string of the molecule is C=CCN(C)CC1OC(c2ccc(-c3cccc(CNC(C)=O)c3)cc2)OC(c2ccc(CO)cc2)C1C. The number of aliphatic hydroxyl groups excluding tert-OH is 1. The summed E-state index contributed by atoms with van der Waals surface area (Å²) in [5.41, 5.74) is 6.14. The van der Waals surface area contributed by atoms with Crippen LogP contribution in [0.1, 0.15) is 48.5 Å². The largest absolute Gasteiger partial charge is 0.392 e. The molecule has 1 saturated heterocycles. The number of benzene rings is 3. The van der Waals surface area contributed by atoms with Gasteiger partial charge in [0.05, 0.1) is 18.8 Å². The van der Waals surface area contributed by atoms with Crippen molar-refractivity contribution in [1.29, 1.82) is 0 Å². The van der Waals surface area contributed by atoms with Gasteiger partial charge >= 0.3 is 0 Å². The highest BCUT2D eigenvalue weighted by atomic mass is 16.7. The highest BCUT2D eigenvalue weighted by Gasteiger charge is 2.38. The number of hydrogen-bond donors (Lipinski definition) is 2. The van der Waals surface area contributed by atoms with Crippen molar-refractivity contribution in [3.05, 3.63) is 108 Å². The van der Waals surface area contributed by atoms with Crippen LogP contribution in [0.2, 0.25) is 0 Å². The minimum absolute atomic E-state index is 0.0184. The quantitative estimate of drug-likeness (QED) is 0.355. The molecule has 2 N–H and O–H groups in total. The van der Waals surface area contributed by atoms with Crippen LogP contribution in [-0.2, 0) is 27.4 Å². The maximum atomic E-state index is 11.3. The van der Waals surface area contributed by atoms with Gasteiger partial charge in [-0.1, -0.05) is 79.7 Å². The van der Waals surface area contributed by atoms with Crippen molar-refractivity contribution in [3.63, 3.8) is 0 Å². The number of nitrogens with one attached hydrogen (secondary N) is 1. The highest BCUT2D eigenvalue weighted by Crippen LogP contribution is 2.42. The van der Waals surface area contributed by atoms with Crippen LogP contribution in [0.3, 0.4) is 0 Å². The Kier molecular flexibility index (Phi) is 9.48. The van der Waals surface area contributed by atoms with Crippen molar-refractivity contribution in [2.45, 2.75) is 45.5 Å². The van der Waals surface area contributed by atoms with Crippen LogP contribution >= 0.6 is 0 Å². The summed E-state index contributed by atoms with van der Waals surface area (Å²) in [7, 11) is 2.07. The summed E-state index contributed by atoms with van der Waals surface area (Å²) in [5.74, 6) is 0.0855. The summed E-state index contributed by atoms with van der Waals surface area (Å²) in [6, 6.07) is 24.4. The third-order valence-electron chi connectivity index (χ3n) is 7.04. The van der Waals surface area contributed by atoms with Crippen molar-refractivity contribution in [3.8, 4) is 11.1 Å². The van der Waals surface area contributed by atoms with Crippen molar-refractivity contribution in [2.75, 3.05) is 20.1 Å². The van der Waals surface area contributed by atoms with Gasteiger partial charge in [-0.05, 0) is 40.9 Å². The maximum absolute atomic E-state index is 11.3. The molecule has 4 unspecified atom stereocenters. The molecule has 0 aromatic heterocycles. The summed E-state index contributed by atoms with van der Waals surface area (Å²) in [6.07, 6.45) is 1.22. The Labute approximate surface area is 225 Å². The standard InChI is InChI=1S/C32H38N2O4/c1-5-17-34(4)20-30-22(2)31(27-11-9-24(21-35)10-12-27)38-32(37-30)28-15-13-26(14-16-28)29-8-6-7-25(18-29)19-33-23(3)36/h5-16,18,22,30-32,35H,1,17,19-21H2,2-4H3,(H,33,36). The topological polar surface area (TPSA) is 71.0 Å². The van der Waals surface area contributed by atoms with Gasteiger partial charge in [-0.15, -0.1) is 6.58 Å². The molecule has 0 saturated carbocycles. The predicted molar refractivity (Wildman–Crippen MR) is 150 cm³/mol. The molecule has 0 radical (unpaired) electrons. The van der Waals surface area contributed by atoms with E-state index in [0.29, 0.717) is 6.54 Å². The van der Waals surface area contributed by atoms with E-state index in [4.69, 9.17) is 9.47 Å². The van der Waals surface area contributed by atoms with Gasteiger partial charge in [-0.2, -0.15) is 0 Å². The van der Waals surface area contributed by atoms with Crippen LogP contribution in [0, 0.1) is 5.92 Å². The molecular formula is C32H38N2O4. The summed E-state index contributed by atoms with van der Waals surface area (Å²) >= 11 is 0. The first-order valence-electron chi connectivity index (χ1n) is 13.1. The Hall–Kier alpha value is -3.29. The zero-order valence-electron chi connectivity index (χ0n) is 22.5. The summed E-state index contributed by atoms with van der Waals surface area (Å²) < 4.78 is 13.1. The number of rotatable bonds is 10. The average Bonchev–Trinajstić information content (AvgIpc) is 2.93. The molecule has 38 heavy (non-hydrogen) atoms. The van der Waals surface area contributed by atoms with Crippen LogP contribution < -0.4 is 5.32 Å². The van der Waals surface area contributed by atoms with Crippen LogP contribution in [0.5, 0.6) is 0 Å². The van der Waals surface area contributed by atoms with Crippen molar-refractivity contribution in [2.24, 2.45) is 5.92 Å². The number of likely N-dealkylation sites (N-methyl/N-ethyl adjacent to an activating group) is 1. The highest BCUT2D eigenvalue weighted by molar-refractivity contribution is 5.73. The first-order valence-corrected chi connectivity index (χ1v) is 13.1. The van der Waals surface area contributed by atoms with Crippen molar-refractivity contribution < 1.29 is 19.4 Å². The molecule has 0 aliphatic carbocycles. The Bertz CT molecular complexity index is 1210. The fourth-order valence-electron chi connectivity index (χ4n) is 4.85. The van der Waals surface area contributed by atoms with Gasteiger partial charge in [0.1, 0.15) is 0 Å². The molecule has 4 atom stereocenters. The van der Waals surface area contributed by atoms with Gasteiger partial charge in [-0.25, -0.2) is 0 Å². The van der Waals surface area contributed by atoms with E-state index in [1.54, 1.807) is 0 Å². The van der Waals surface area contributed by atoms with E-state index in [1.807, 2.05) is 42.5 Å². The van der Waals surface area contributed by atoms with E-state index in [9.17, 15) is 9.90 Å². The van der Waals surface area contributed by atoms with E-state index < -0.39 is 6.29 Å². The second kappa shape index (κ2) is 13.0. The molecule has 6 nitrogen and oxygen atoms in total. The van der Waals surface area contributed by atoms with E-state index in [2.05, 4.69) is 67.2 Å². The molecule has 0 spiro atoms. The third kappa shape index (κ3) is 6.97. The van der Waals surface area contributed by atoms with Crippen molar-refractivity contribution >= 4 is 5.91 Å². The molecule has 3 aromatic rings. The third-order valence-corrected chi connectivity index (χ3v) is 7.04. The number of carbonyl (C=O) groups is 1. The molecule has 0 bridgehead atoms. The first-order chi connectivity index (χ1) is 18.4. The van der Waals surface area contributed by atoms with Gasteiger partial charge in [0.25, 0.3) is 0 Å². The Morgan fingerprint density at radius 2 is 1.71 bits per heavy atom. The maximum Gasteiger partial charge on any atom is 0.217 e. The van der Waals surface area contributed by atoms with Gasteiger partial charge in [-0.3, -0.25) is 4.79 Å². The molecule has 1 amide bonds. The molecule has 6 heteroatoms. The number of ether oxygens (including phenoxy) is 2. The van der Waals surface area contributed by atoms with Crippen LogP contribution in [0.15, 0.2) is 85.5 Å². The molecule has 4 rings (SSSR count). The average molecular weight is 515 g/mol. The van der Waals surface area contributed by atoms with E-state index in [-0.39, 0.29) is 30.6 Å². The van der Waals surface area contributed by atoms with Gasteiger partial charge in [0.15, 0.2) is 6.29 Å². The summed E-state index contributed by atoms with van der Waals surface area (Å²) in [4.78, 5) is 13.5. The first kappa shape index (κ1) is 27.7. The summed E-state index contributed by atoms with van der Waals surface area (Å²) in [5, 5.41) is 12.3. The number of hydrogen-bond acceptors (Lipinski definition) is 5. The number of amides is 1. The lowest BCUT2D eigenvalue weighted by Gasteiger charge is -2.42. The molecule has 3 aromatic carbocycles. The molecule has 1 fully saturated rings. The number of carbonyl (C=O) groups excluding carboxylic acids is 1. The zero-order valence-corrected chi connectivity index (χ0v) is 22.5. The number of nitrogens with zero attached hydrogens (tertiary/aromatic N) is 1. The Balaban J connectivity index is 1.56. The van der Waals surface area contributed by atoms with Crippen molar-refractivity contribution in [1.82, 2.24) is 10.2 Å². The van der Waals surface area contributed by atoms with Gasteiger partial charge in [0.2, 0.25) is 5.91 Å². The second-order valence-electron chi connectivity index (χ2n) is 10.1. The van der Waals surface area contributed by atoms with E-state index in [0.717, 1.165) is 46.5 Å². The monoisotopic (exact) mass is 514 g/mol. The number of aliphatic hydroxyl groups is 1. The molecule has 1 heterocycles. The Morgan fingerprint density at radius 3 is 2.37 bits per heavy atom. The fourth-order valence-corrected chi connectivity index (χ4v) is 4.85. The van der Waals surface area contributed by atoms with E-state index >= 15 is 0 Å². The molecule has 200 valence electrons. The Morgan fingerprint density at radius 1 is 1.00 bits per heavy atom. The molecular weight excluding hydrogens is 476 g/mol. The lowest BCUT2D eigenvalue weighted by molar-refractivity contribution is -0.275. The normalized spacial score (nSPS) is 21.3. The van der Waals surface area contributed by atoms with Gasteiger partial charge in [0, 0.05) is 38.0 Å². The lowest BCUT2D eigenvalue weighted by atomic mass is 9.90. The minimum Gasteiger partial charge on any atom is -0.392 e. The molecule has 1 aliphatic rings. The smallest absolute Gasteiger partial charge is 0.217 e. The minimum atomic E-state index is -0.504. The predicted octanol–water partition coefficient (Wildman–Crippen LogP) is 5.39. The van der Waals surface area contributed by atoms with E-state index in [1.165, 1.54) is 6.92 Å². The fraction of sp³-hybridized carbons (Fsp3) is 0.344. The van der Waals surface area contributed by atoms with Gasteiger partial charge < -0.3 is 24.8 Å². The van der Waals surface area contributed by atoms with Crippen LogP contribution in [-0.4, -0.2) is 42.2 Å². The van der Waals surface area contributed by atoms with Crippen LogP contribution in [0.25, 0.3) is 11.1 Å². The summed E-state index contributed by atoms with van der Waals surface area (Å²) in [6.45, 7) is 9.63. The second-order valence-corrected chi connectivity index (χ2v) is 10.1. The zero-order chi connectivity index (χ0) is 27.1. The van der Waals surface area contributed by atoms with Crippen LogP contribution in [0.4, 0.5) is 0 Å².